The van der Waals surface area contributed by atoms with Crippen molar-refractivity contribution in [3.05, 3.63) is 29.8 Å². The predicted octanol–water partition coefficient (Wildman–Crippen LogP) is 3.80. The minimum atomic E-state index is 0.153. The molecule has 2 rings (SSSR count). The molecule has 0 aliphatic carbocycles. The number of rotatable bonds is 4. The minimum absolute atomic E-state index is 0.153. The van der Waals surface area contributed by atoms with E-state index in [1.807, 2.05) is 25.1 Å². The Bertz CT molecular complexity index is 423. The summed E-state index contributed by atoms with van der Waals surface area (Å²) in [6.07, 6.45) is 1.60. The molecule has 98 valence electrons. The molecule has 0 saturated heterocycles. The lowest BCUT2D eigenvalue weighted by Gasteiger charge is -2.26. The number of benzene rings is 1. The first-order valence-electron chi connectivity index (χ1n) is 6.84. The third-order valence-electron chi connectivity index (χ3n) is 4.04. The van der Waals surface area contributed by atoms with Crippen LogP contribution >= 0.6 is 0 Å². The van der Waals surface area contributed by atoms with Crippen LogP contribution in [0.1, 0.15) is 45.1 Å². The van der Waals surface area contributed by atoms with E-state index in [4.69, 9.17) is 4.74 Å². The molecule has 2 heteroatoms. The van der Waals surface area contributed by atoms with Gasteiger partial charge in [0.15, 0.2) is 0 Å². The van der Waals surface area contributed by atoms with Crippen LogP contribution in [-0.4, -0.2) is 12.4 Å². The van der Waals surface area contributed by atoms with Crippen molar-refractivity contribution >= 4 is 5.78 Å². The Morgan fingerprint density at radius 2 is 2.06 bits per heavy atom. The molecule has 18 heavy (non-hydrogen) atoms. The second-order valence-electron chi connectivity index (χ2n) is 5.58. The molecular formula is C16H22O2. The van der Waals surface area contributed by atoms with Gasteiger partial charge in [-0.2, -0.15) is 0 Å². The quantitative estimate of drug-likeness (QED) is 0.807. The van der Waals surface area contributed by atoms with Gasteiger partial charge >= 0.3 is 0 Å². The van der Waals surface area contributed by atoms with Gasteiger partial charge in [-0.15, -0.1) is 0 Å². The predicted molar refractivity (Wildman–Crippen MR) is 72.9 cm³/mol. The highest BCUT2D eigenvalue weighted by atomic mass is 16.5. The molecule has 1 aromatic rings. The molecule has 2 nitrogen and oxygen atoms in total. The van der Waals surface area contributed by atoms with E-state index in [0.717, 1.165) is 18.8 Å². The number of hydrogen-bond donors (Lipinski definition) is 0. The van der Waals surface area contributed by atoms with Gasteiger partial charge < -0.3 is 4.74 Å². The first-order valence-corrected chi connectivity index (χ1v) is 6.84. The lowest BCUT2D eigenvalue weighted by molar-refractivity contribution is -0.124. The van der Waals surface area contributed by atoms with Gasteiger partial charge in [0, 0.05) is 12.3 Å². The smallest absolute Gasteiger partial charge is 0.136 e. The Morgan fingerprint density at radius 3 is 2.78 bits per heavy atom. The molecule has 0 fully saturated rings. The molecule has 1 aliphatic rings. The summed E-state index contributed by atoms with van der Waals surface area (Å²) in [6, 6.07) is 8.10. The average Bonchev–Trinajstić information content (AvgIpc) is 2.38. The fourth-order valence-corrected chi connectivity index (χ4v) is 2.43. The van der Waals surface area contributed by atoms with Gasteiger partial charge in [-0.25, -0.2) is 0 Å². The number of carbonyl (C=O) groups excluding carboxylic acids is 1. The van der Waals surface area contributed by atoms with E-state index in [0.29, 0.717) is 24.0 Å². The van der Waals surface area contributed by atoms with Crippen molar-refractivity contribution in [1.82, 2.24) is 0 Å². The summed E-state index contributed by atoms with van der Waals surface area (Å²) >= 11 is 0. The Hall–Kier alpha value is -1.31. The number of Topliss-reactive ketones (excluding diaryl/α,β-unsaturated/α-hetero) is 1. The van der Waals surface area contributed by atoms with Gasteiger partial charge in [0.1, 0.15) is 11.5 Å². The molecule has 0 N–H and O–H groups in total. The van der Waals surface area contributed by atoms with E-state index in [2.05, 4.69) is 19.9 Å². The standard InChI is InChI=1S/C16H22O2/c1-11(2)12(3)15(17)10-13-8-9-18-16-7-5-4-6-14(13)16/h4-7,11-13H,8-10H2,1-3H3. The minimum Gasteiger partial charge on any atom is -0.493 e. The van der Waals surface area contributed by atoms with Crippen molar-refractivity contribution in [2.24, 2.45) is 11.8 Å². The zero-order chi connectivity index (χ0) is 13.1. The van der Waals surface area contributed by atoms with Gasteiger partial charge in [0.2, 0.25) is 0 Å². The molecule has 1 aliphatic heterocycles. The van der Waals surface area contributed by atoms with Crippen molar-refractivity contribution in [3.63, 3.8) is 0 Å². The van der Waals surface area contributed by atoms with Crippen LogP contribution < -0.4 is 4.74 Å². The normalized spacial score (nSPS) is 20.1. The third kappa shape index (κ3) is 2.74. The number of ether oxygens (including phenoxy) is 1. The van der Waals surface area contributed by atoms with Crippen LogP contribution in [0, 0.1) is 11.8 Å². The summed E-state index contributed by atoms with van der Waals surface area (Å²) in [6.45, 7) is 6.99. The maximum absolute atomic E-state index is 12.2. The van der Waals surface area contributed by atoms with Gasteiger partial charge in [-0.1, -0.05) is 39.0 Å². The third-order valence-corrected chi connectivity index (χ3v) is 4.04. The molecule has 0 amide bonds. The molecule has 2 unspecified atom stereocenters. The Labute approximate surface area is 109 Å². The molecule has 0 spiro atoms. The van der Waals surface area contributed by atoms with Crippen LogP contribution in [-0.2, 0) is 4.79 Å². The largest absolute Gasteiger partial charge is 0.493 e. The van der Waals surface area contributed by atoms with Crippen LogP contribution in [0.2, 0.25) is 0 Å². The molecule has 0 saturated carbocycles. The molecule has 2 atom stereocenters. The fourth-order valence-electron chi connectivity index (χ4n) is 2.43. The highest BCUT2D eigenvalue weighted by Gasteiger charge is 2.26. The van der Waals surface area contributed by atoms with Gasteiger partial charge in [0.05, 0.1) is 6.61 Å². The zero-order valence-electron chi connectivity index (χ0n) is 11.5. The van der Waals surface area contributed by atoms with Crippen molar-refractivity contribution in [1.29, 1.82) is 0 Å². The molecule has 1 heterocycles. The van der Waals surface area contributed by atoms with Crippen LogP contribution in [0.3, 0.4) is 0 Å². The second kappa shape index (κ2) is 5.55. The summed E-state index contributed by atoms with van der Waals surface area (Å²) in [5, 5.41) is 0. The number of hydrogen-bond acceptors (Lipinski definition) is 2. The lowest BCUT2D eigenvalue weighted by atomic mass is 9.83. The lowest BCUT2D eigenvalue weighted by Crippen LogP contribution is -2.22. The van der Waals surface area contributed by atoms with Crippen LogP contribution in [0.4, 0.5) is 0 Å². The summed E-state index contributed by atoms with van der Waals surface area (Å²) in [5.41, 5.74) is 1.20. The Kier molecular flexibility index (Phi) is 4.05. The van der Waals surface area contributed by atoms with E-state index in [9.17, 15) is 4.79 Å². The van der Waals surface area contributed by atoms with E-state index in [1.54, 1.807) is 0 Å². The van der Waals surface area contributed by atoms with Crippen LogP contribution in [0.5, 0.6) is 5.75 Å². The topological polar surface area (TPSA) is 26.3 Å². The van der Waals surface area contributed by atoms with Crippen LogP contribution in [0.25, 0.3) is 0 Å². The molecule has 1 aromatic carbocycles. The van der Waals surface area contributed by atoms with Gasteiger partial charge in [0.25, 0.3) is 0 Å². The molecule has 0 aromatic heterocycles. The Morgan fingerprint density at radius 1 is 1.33 bits per heavy atom. The van der Waals surface area contributed by atoms with Crippen molar-refractivity contribution in [2.75, 3.05) is 6.61 Å². The van der Waals surface area contributed by atoms with Crippen molar-refractivity contribution < 1.29 is 9.53 Å². The zero-order valence-corrected chi connectivity index (χ0v) is 11.5. The summed E-state index contributed by atoms with van der Waals surface area (Å²) in [4.78, 5) is 12.2. The van der Waals surface area contributed by atoms with E-state index >= 15 is 0 Å². The monoisotopic (exact) mass is 246 g/mol. The highest BCUT2D eigenvalue weighted by molar-refractivity contribution is 5.81. The first-order chi connectivity index (χ1) is 8.59. The maximum atomic E-state index is 12.2. The number of carbonyl (C=O) groups is 1. The van der Waals surface area contributed by atoms with Gasteiger partial charge in [-0.3, -0.25) is 4.79 Å². The highest BCUT2D eigenvalue weighted by Crippen LogP contribution is 2.36. The number of ketones is 1. The average molecular weight is 246 g/mol. The molecular weight excluding hydrogens is 224 g/mol. The number of fused-ring (bicyclic) bond motifs is 1. The molecule has 0 radical (unpaired) electrons. The van der Waals surface area contributed by atoms with Crippen molar-refractivity contribution in [2.45, 2.75) is 39.5 Å². The van der Waals surface area contributed by atoms with E-state index in [1.165, 1.54) is 5.56 Å². The van der Waals surface area contributed by atoms with Crippen molar-refractivity contribution in [3.8, 4) is 5.75 Å². The summed E-state index contributed by atoms with van der Waals surface area (Å²) in [7, 11) is 0. The fraction of sp³-hybridized carbons (Fsp3) is 0.562. The SMILES string of the molecule is CC(C)C(C)C(=O)CC1CCOc2ccccc21. The maximum Gasteiger partial charge on any atom is 0.136 e. The first kappa shape index (κ1) is 13.1. The summed E-state index contributed by atoms with van der Waals surface area (Å²) < 4.78 is 5.63. The van der Waals surface area contributed by atoms with Gasteiger partial charge in [-0.05, 0) is 29.9 Å². The summed E-state index contributed by atoms with van der Waals surface area (Å²) in [5.74, 6) is 2.25. The second-order valence-corrected chi connectivity index (χ2v) is 5.58. The van der Waals surface area contributed by atoms with E-state index in [-0.39, 0.29) is 5.92 Å². The van der Waals surface area contributed by atoms with Crippen LogP contribution in [0.15, 0.2) is 24.3 Å². The van der Waals surface area contributed by atoms with E-state index < -0.39 is 0 Å². The molecule has 0 bridgehead atoms. The Balaban J connectivity index is 2.10. The number of para-hydroxylation sites is 1.